The number of alkyl halides is 5. The van der Waals surface area contributed by atoms with Gasteiger partial charge in [0.25, 0.3) is 0 Å². The molecule has 0 radical (unpaired) electrons. The molecule has 0 saturated carbocycles. The van der Waals surface area contributed by atoms with E-state index in [-0.39, 0.29) is 12.1 Å². The number of rotatable bonds is 7. The molecule has 0 amide bonds. The molecule has 1 rings (SSSR count). The van der Waals surface area contributed by atoms with Gasteiger partial charge < -0.3 is 13.8 Å². The molecule has 5 nitrogen and oxygen atoms in total. The van der Waals surface area contributed by atoms with Crippen LogP contribution in [0.15, 0.2) is 18.2 Å². The highest BCUT2D eigenvalue weighted by Gasteiger charge is 2.61. The zero-order chi connectivity index (χ0) is 19.5. The molecule has 0 aromatic heterocycles. The van der Waals surface area contributed by atoms with Crippen LogP contribution in [-0.2, 0) is 24.6 Å². The van der Waals surface area contributed by atoms with Crippen molar-refractivity contribution in [2.24, 2.45) is 0 Å². The van der Waals surface area contributed by atoms with E-state index < -0.39 is 55.7 Å². The average molecular weight is 394 g/mol. The van der Waals surface area contributed by atoms with Crippen LogP contribution in [0.25, 0.3) is 0 Å². The Kier molecular flexibility index (Phi) is 6.66. The molecule has 25 heavy (non-hydrogen) atoms. The minimum absolute atomic E-state index is 0.0234. The smallest absolute Gasteiger partial charge is 0.422 e. The van der Waals surface area contributed by atoms with Crippen molar-refractivity contribution < 1.29 is 49.5 Å². The minimum Gasteiger partial charge on any atom is -0.422 e. The van der Waals surface area contributed by atoms with E-state index in [0.717, 1.165) is 0 Å². The van der Waals surface area contributed by atoms with Crippen LogP contribution >= 0.6 is 7.60 Å². The van der Waals surface area contributed by atoms with Crippen molar-refractivity contribution in [1.29, 1.82) is 0 Å². The SMILES string of the molecule is CCOP(=O)(OCC)C(F)(F)C(=O)Oc1ccc(F)c(C(F)(F)F)c1. The lowest BCUT2D eigenvalue weighted by Gasteiger charge is -2.24. The van der Waals surface area contributed by atoms with Crippen LogP contribution in [0.5, 0.6) is 5.75 Å². The van der Waals surface area contributed by atoms with E-state index >= 15 is 0 Å². The quantitative estimate of drug-likeness (QED) is 0.293. The van der Waals surface area contributed by atoms with E-state index in [1.807, 2.05) is 0 Å². The number of ether oxygens (including phenoxy) is 1. The second kappa shape index (κ2) is 7.76. The van der Waals surface area contributed by atoms with Gasteiger partial charge in [-0.2, -0.15) is 22.0 Å². The first-order valence-electron chi connectivity index (χ1n) is 6.75. The maximum absolute atomic E-state index is 14.1. The maximum atomic E-state index is 14.1. The van der Waals surface area contributed by atoms with E-state index in [9.17, 15) is 35.7 Å². The first kappa shape index (κ1) is 21.5. The van der Waals surface area contributed by atoms with Crippen molar-refractivity contribution in [2.45, 2.75) is 25.7 Å². The van der Waals surface area contributed by atoms with Gasteiger partial charge >= 0.3 is 25.4 Å². The van der Waals surface area contributed by atoms with Crippen molar-refractivity contribution in [3.05, 3.63) is 29.6 Å². The van der Waals surface area contributed by atoms with Crippen LogP contribution in [0.3, 0.4) is 0 Å². The molecule has 0 heterocycles. The first-order chi connectivity index (χ1) is 11.4. The fraction of sp³-hybridized carbons (Fsp3) is 0.462. The van der Waals surface area contributed by atoms with Crippen molar-refractivity contribution >= 4 is 13.6 Å². The molecular weight excluding hydrogens is 381 g/mol. The highest BCUT2D eigenvalue weighted by molar-refractivity contribution is 7.56. The van der Waals surface area contributed by atoms with Crippen LogP contribution in [0.4, 0.5) is 26.3 Å². The Balaban J connectivity index is 3.14. The molecule has 0 fully saturated rings. The number of halogens is 6. The normalized spacial score (nSPS) is 13.0. The summed E-state index contributed by atoms with van der Waals surface area (Å²) in [6.45, 7) is 1.44. The van der Waals surface area contributed by atoms with Crippen LogP contribution in [0.1, 0.15) is 19.4 Å². The topological polar surface area (TPSA) is 61.8 Å². The molecule has 0 N–H and O–H groups in total. The highest BCUT2D eigenvalue weighted by atomic mass is 31.2. The molecule has 1 aromatic carbocycles. The van der Waals surface area contributed by atoms with Crippen molar-refractivity contribution in [2.75, 3.05) is 13.2 Å². The second-order valence-electron chi connectivity index (χ2n) is 4.40. The second-order valence-corrected chi connectivity index (χ2v) is 6.48. The third kappa shape index (κ3) is 4.74. The Morgan fingerprint density at radius 3 is 2.04 bits per heavy atom. The molecule has 12 heteroatoms. The largest absolute Gasteiger partial charge is 0.441 e. The number of hydrogen-bond donors (Lipinski definition) is 0. The van der Waals surface area contributed by atoms with Crippen LogP contribution in [-0.4, -0.2) is 24.8 Å². The zero-order valence-corrected chi connectivity index (χ0v) is 13.8. The number of hydrogen-bond acceptors (Lipinski definition) is 5. The van der Waals surface area contributed by atoms with Gasteiger partial charge in [-0.25, -0.2) is 9.18 Å². The Bertz CT molecular complexity index is 665. The molecule has 142 valence electrons. The molecule has 1 aromatic rings. The molecule has 0 atom stereocenters. The van der Waals surface area contributed by atoms with Gasteiger partial charge in [0.1, 0.15) is 11.6 Å². The monoisotopic (exact) mass is 394 g/mol. The Labute approximate surface area is 138 Å². The first-order valence-corrected chi connectivity index (χ1v) is 8.29. The molecule has 0 bridgehead atoms. The van der Waals surface area contributed by atoms with E-state index in [1.165, 1.54) is 13.8 Å². The number of carbonyl (C=O) groups excluding carboxylic acids is 1. The summed E-state index contributed by atoms with van der Waals surface area (Å²) in [5.41, 5.74) is -6.61. The van der Waals surface area contributed by atoms with Gasteiger partial charge in [-0.05, 0) is 32.0 Å². The fourth-order valence-electron chi connectivity index (χ4n) is 1.60. The third-order valence-corrected chi connectivity index (χ3v) is 4.71. The summed E-state index contributed by atoms with van der Waals surface area (Å²) < 4.78 is 104. The summed E-state index contributed by atoms with van der Waals surface area (Å²) in [7, 11) is -5.27. The van der Waals surface area contributed by atoms with E-state index in [0.29, 0.717) is 6.07 Å². The highest BCUT2D eigenvalue weighted by Crippen LogP contribution is 2.62. The van der Waals surface area contributed by atoms with Crippen molar-refractivity contribution in [1.82, 2.24) is 0 Å². The lowest BCUT2D eigenvalue weighted by atomic mass is 10.2. The molecule has 0 aliphatic rings. The lowest BCUT2D eigenvalue weighted by molar-refractivity contribution is -0.153. The van der Waals surface area contributed by atoms with Crippen molar-refractivity contribution in [3.63, 3.8) is 0 Å². The van der Waals surface area contributed by atoms with Crippen molar-refractivity contribution in [3.8, 4) is 5.75 Å². The number of esters is 1. The van der Waals surface area contributed by atoms with Gasteiger partial charge in [-0.1, -0.05) is 0 Å². The summed E-state index contributed by atoms with van der Waals surface area (Å²) in [5, 5.41) is 0. The summed E-state index contributed by atoms with van der Waals surface area (Å²) in [5.74, 6) is -5.16. The molecule has 0 aliphatic heterocycles. The van der Waals surface area contributed by atoms with E-state index in [4.69, 9.17) is 0 Å². The van der Waals surface area contributed by atoms with E-state index in [1.54, 1.807) is 0 Å². The Hall–Kier alpha value is -1.58. The maximum Gasteiger partial charge on any atom is 0.441 e. The average Bonchev–Trinajstić information content (AvgIpc) is 2.48. The zero-order valence-electron chi connectivity index (χ0n) is 12.9. The lowest BCUT2D eigenvalue weighted by Crippen LogP contribution is -2.34. The number of carbonyl (C=O) groups is 1. The van der Waals surface area contributed by atoms with Gasteiger partial charge in [0.15, 0.2) is 0 Å². The summed E-state index contributed by atoms with van der Waals surface area (Å²) in [6.07, 6.45) is -5.14. The fourth-order valence-corrected chi connectivity index (χ4v) is 2.95. The predicted octanol–water partition coefficient (Wildman–Crippen LogP) is 4.61. The number of benzene rings is 1. The van der Waals surface area contributed by atoms with Crippen LogP contribution in [0.2, 0.25) is 0 Å². The molecular formula is C13H13F6O5P. The predicted molar refractivity (Wildman–Crippen MR) is 72.8 cm³/mol. The molecule has 0 unspecified atom stereocenters. The van der Waals surface area contributed by atoms with Gasteiger partial charge in [-0.3, -0.25) is 4.57 Å². The van der Waals surface area contributed by atoms with Gasteiger partial charge in [-0.15, -0.1) is 0 Å². The Morgan fingerprint density at radius 1 is 1.08 bits per heavy atom. The molecule has 0 aliphatic carbocycles. The molecule has 0 spiro atoms. The summed E-state index contributed by atoms with van der Waals surface area (Å²) in [6, 6.07) is 0.842. The minimum atomic E-state index is -5.27. The third-order valence-electron chi connectivity index (χ3n) is 2.64. The molecule has 0 saturated heterocycles. The van der Waals surface area contributed by atoms with E-state index in [2.05, 4.69) is 13.8 Å². The summed E-state index contributed by atoms with van der Waals surface area (Å²) >= 11 is 0. The van der Waals surface area contributed by atoms with Gasteiger partial charge in [0.2, 0.25) is 0 Å². The van der Waals surface area contributed by atoms with Gasteiger partial charge in [0, 0.05) is 0 Å². The standard InChI is InChI=1S/C13H13F6O5P/c1-3-22-25(21,23-4-2)13(18,19)11(20)24-8-5-6-10(14)9(7-8)12(15,16)17/h5-7H,3-4H2,1-2H3. The summed E-state index contributed by atoms with van der Waals surface area (Å²) in [4.78, 5) is 11.6. The van der Waals surface area contributed by atoms with Crippen LogP contribution in [0, 0.1) is 5.82 Å². The van der Waals surface area contributed by atoms with Crippen LogP contribution < -0.4 is 4.74 Å². The Morgan fingerprint density at radius 2 is 1.60 bits per heavy atom. The van der Waals surface area contributed by atoms with Gasteiger partial charge in [0.05, 0.1) is 18.8 Å².